The minimum absolute atomic E-state index is 0.0407. The second-order valence-electron chi connectivity index (χ2n) is 6.45. The molecule has 0 spiro atoms. The highest BCUT2D eigenvalue weighted by Crippen LogP contribution is 2.17. The lowest BCUT2D eigenvalue weighted by Gasteiger charge is -2.12. The number of rotatable bonds is 8. The molecule has 3 aromatic rings. The number of halogens is 1. The van der Waals surface area contributed by atoms with Crippen molar-refractivity contribution in [3.05, 3.63) is 95.8 Å². The van der Waals surface area contributed by atoms with Gasteiger partial charge in [-0.1, -0.05) is 42.5 Å². The minimum atomic E-state index is -0.281. The minimum Gasteiger partial charge on any atom is -0.376 e. The van der Waals surface area contributed by atoms with Crippen molar-refractivity contribution in [1.82, 2.24) is 5.32 Å². The molecule has 0 aliphatic heterocycles. The molecule has 3 rings (SSSR count). The number of amides is 2. The number of benzene rings is 3. The summed E-state index contributed by atoms with van der Waals surface area (Å²) < 4.78 is 12.9. The maximum Gasteiger partial charge on any atom is 0.257 e. The maximum atomic E-state index is 12.9. The lowest BCUT2D eigenvalue weighted by molar-refractivity contribution is -0.119. The Morgan fingerprint density at radius 3 is 2.28 bits per heavy atom. The van der Waals surface area contributed by atoms with Crippen LogP contribution in [0, 0.1) is 5.82 Å². The van der Waals surface area contributed by atoms with Crippen LogP contribution in [-0.2, 0) is 11.2 Å². The Balaban J connectivity index is 1.50. The first kappa shape index (κ1) is 20.1. The largest absolute Gasteiger partial charge is 0.376 e. The molecular weight excluding hydrogens is 369 g/mol. The monoisotopic (exact) mass is 391 g/mol. The highest BCUT2D eigenvalue weighted by Gasteiger charge is 2.12. The van der Waals surface area contributed by atoms with Gasteiger partial charge >= 0.3 is 0 Å². The molecule has 6 heteroatoms. The van der Waals surface area contributed by atoms with E-state index >= 15 is 0 Å². The highest BCUT2D eigenvalue weighted by atomic mass is 19.1. The van der Waals surface area contributed by atoms with Gasteiger partial charge < -0.3 is 16.0 Å². The number of para-hydroxylation sites is 2. The average Bonchev–Trinajstić information content (AvgIpc) is 2.74. The summed E-state index contributed by atoms with van der Waals surface area (Å²) in [5.74, 6) is -0.724. The van der Waals surface area contributed by atoms with Crippen LogP contribution < -0.4 is 16.0 Å². The molecular formula is C23H22FN3O2. The predicted molar refractivity (Wildman–Crippen MR) is 112 cm³/mol. The number of hydrogen-bond donors (Lipinski definition) is 3. The van der Waals surface area contributed by atoms with Crippen LogP contribution >= 0.6 is 0 Å². The average molecular weight is 391 g/mol. The Morgan fingerprint density at radius 2 is 1.52 bits per heavy atom. The van der Waals surface area contributed by atoms with E-state index in [9.17, 15) is 14.0 Å². The van der Waals surface area contributed by atoms with E-state index in [0.717, 1.165) is 5.56 Å². The summed E-state index contributed by atoms with van der Waals surface area (Å²) in [6.45, 7) is 0.487. The fraction of sp³-hybridized carbons (Fsp3) is 0.130. The maximum absolute atomic E-state index is 12.9. The van der Waals surface area contributed by atoms with Crippen molar-refractivity contribution in [2.45, 2.75) is 6.42 Å². The van der Waals surface area contributed by atoms with Gasteiger partial charge in [-0.2, -0.15) is 0 Å². The molecule has 5 nitrogen and oxygen atoms in total. The smallest absolute Gasteiger partial charge is 0.257 e. The molecule has 0 aliphatic rings. The number of hydrogen-bond acceptors (Lipinski definition) is 3. The van der Waals surface area contributed by atoms with Crippen LogP contribution in [0.1, 0.15) is 15.9 Å². The number of nitrogens with one attached hydrogen (secondary N) is 3. The van der Waals surface area contributed by atoms with Crippen LogP contribution in [0.25, 0.3) is 0 Å². The Kier molecular flexibility index (Phi) is 6.95. The number of anilines is 2. The fourth-order valence-corrected chi connectivity index (χ4v) is 2.79. The molecule has 29 heavy (non-hydrogen) atoms. The molecule has 0 aliphatic carbocycles. The van der Waals surface area contributed by atoms with Crippen molar-refractivity contribution in [3.8, 4) is 0 Å². The van der Waals surface area contributed by atoms with Gasteiger partial charge in [0.1, 0.15) is 5.82 Å². The third-order valence-electron chi connectivity index (χ3n) is 4.29. The second kappa shape index (κ2) is 10.0. The highest BCUT2D eigenvalue weighted by molar-refractivity contribution is 6.08. The lowest BCUT2D eigenvalue weighted by Crippen LogP contribution is -2.31. The van der Waals surface area contributed by atoms with E-state index in [2.05, 4.69) is 16.0 Å². The summed E-state index contributed by atoms with van der Waals surface area (Å²) in [6, 6.07) is 22.4. The molecule has 0 heterocycles. The summed E-state index contributed by atoms with van der Waals surface area (Å²) in [5.41, 5.74) is 2.68. The molecule has 0 saturated heterocycles. The first-order chi connectivity index (χ1) is 14.1. The molecule has 0 aromatic heterocycles. The third-order valence-corrected chi connectivity index (χ3v) is 4.29. The van der Waals surface area contributed by atoms with Crippen LogP contribution in [0.4, 0.5) is 15.8 Å². The first-order valence-corrected chi connectivity index (χ1v) is 9.32. The van der Waals surface area contributed by atoms with E-state index in [1.165, 1.54) is 12.1 Å². The standard InChI is InChI=1S/C23H22FN3O2/c24-18-12-10-17(11-13-18)14-15-25-22(28)16-26-21-9-5-4-8-20(21)23(29)27-19-6-2-1-3-7-19/h1-13,26H,14-16H2,(H,25,28)(H,27,29). The van der Waals surface area contributed by atoms with Crippen molar-refractivity contribution in [3.63, 3.8) is 0 Å². The van der Waals surface area contributed by atoms with Gasteiger partial charge in [-0.3, -0.25) is 9.59 Å². The van der Waals surface area contributed by atoms with Crippen LogP contribution in [0.15, 0.2) is 78.9 Å². The summed E-state index contributed by atoms with van der Waals surface area (Å²) >= 11 is 0. The topological polar surface area (TPSA) is 70.2 Å². The summed E-state index contributed by atoms with van der Waals surface area (Å²) in [5, 5.41) is 8.66. The Bertz CT molecular complexity index is 959. The van der Waals surface area contributed by atoms with Gasteiger partial charge in [0.25, 0.3) is 5.91 Å². The Hall–Kier alpha value is -3.67. The van der Waals surface area contributed by atoms with Gasteiger partial charge in [-0.05, 0) is 48.4 Å². The van der Waals surface area contributed by atoms with E-state index in [1.807, 2.05) is 30.3 Å². The van der Waals surface area contributed by atoms with Gasteiger partial charge in [-0.25, -0.2) is 4.39 Å². The molecule has 0 saturated carbocycles. The summed E-state index contributed by atoms with van der Waals surface area (Å²) in [6.07, 6.45) is 0.613. The zero-order chi connectivity index (χ0) is 20.5. The fourth-order valence-electron chi connectivity index (χ4n) is 2.79. The van der Waals surface area contributed by atoms with E-state index in [4.69, 9.17) is 0 Å². The van der Waals surface area contributed by atoms with Crippen molar-refractivity contribution in [1.29, 1.82) is 0 Å². The van der Waals surface area contributed by atoms with Gasteiger partial charge in [-0.15, -0.1) is 0 Å². The summed E-state index contributed by atoms with van der Waals surface area (Å²) in [4.78, 5) is 24.7. The zero-order valence-electron chi connectivity index (χ0n) is 15.8. The normalized spacial score (nSPS) is 10.2. The Labute approximate surface area is 169 Å². The van der Waals surface area contributed by atoms with Crippen LogP contribution in [0.5, 0.6) is 0 Å². The van der Waals surface area contributed by atoms with Crippen molar-refractivity contribution < 1.29 is 14.0 Å². The third kappa shape index (κ3) is 6.17. The van der Waals surface area contributed by atoms with Crippen LogP contribution in [0.2, 0.25) is 0 Å². The van der Waals surface area contributed by atoms with Crippen molar-refractivity contribution >= 4 is 23.2 Å². The number of carbonyl (C=O) groups is 2. The van der Waals surface area contributed by atoms with Crippen LogP contribution in [-0.4, -0.2) is 24.9 Å². The van der Waals surface area contributed by atoms with E-state index in [-0.39, 0.29) is 24.2 Å². The molecule has 0 fully saturated rings. The van der Waals surface area contributed by atoms with Gasteiger partial charge in [0.15, 0.2) is 0 Å². The molecule has 2 amide bonds. The van der Waals surface area contributed by atoms with Gasteiger partial charge in [0.05, 0.1) is 12.1 Å². The lowest BCUT2D eigenvalue weighted by atomic mass is 10.1. The molecule has 3 N–H and O–H groups in total. The molecule has 0 atom stereocenters. The first-order valence-electron chi connectivity index (χ1n) is 9.32. The molecule has 148 valence electrons. The van der Waals surface area contributed by atoms with E-state index in [0.29, 0.717) is 29.9 Å². The van der Waals surface area contributed by atoms with Gasteiger partial charge in [0, 0.05) is 17.9 Å². The van der Waals surface area contributed by atoms with Crippen LogP contribution in [0.3, 0.4) is 0 Å². The Morgan fingerprint density at radius 1 is 0.828 bits per heavy atom. The van der Waals surface area contributed by atoms with E-state index in [1.54, 1.807) is 36.4 Å². The quantitative estimate of drug-likeness (QED) is 0.546. The second-order valence-corrected chi connectivity index (χ2v) is 6.45. The SMILES string of the molecule is O=C(CNc1ccccc1C(=O)Nc1ccccc1)NCCc1ccc(F)cc1. The zero-order valence-corrected chi connectivity index (χ0v) is 15.8. The molecule has 3 aromatic carbocycles. The predicted octanol–water partition coefficient (Wildman–Crippen LogP) is 3.85. The summed E-state index contributed by atoms with van der Waals surface area (Å²) in [7, 11) is 0. The number of carbonyl (C=O) groups excluding carboxylic acids is 2. The van der Waals surface area contributed by atoms with Gasteiger partial charge in [0.2, 0.25) is 5.91 Å². The molecule has 0 unspecified atom stereocenters. The van der Waals surface area contributed by atoms with E-state index < -0.39 is 0 Å². The van der Waals surface area contributed by atoms with Crippen molar-refractivity contribution in [2.24, 2.45) is 0 Å². The van der Waals surface area contributed by atoms with Crippen molar-refractivity contribution in [2.75, 3.05) is 23.7 Å². The molecule has 0 bridgehead atoms. The molecule has 0 radical (unpaired) electrons.